The number of pyridine rings is 2. The van der Waals surface area contributed by atoms with Crippen LogP contribution >= 0.6 is 23.2 Å². The molecule has 278 valence electrons. The number of ether oxygens (including phenoxy) is 1. The second kappa shape index (κ2) is 13.1. The van der Waals surface area contributed by atoms with Gasteiger partial charge in [0.25, 0.3) is 0 Å². The van der Waals surface area contributed by atoms with E-state index in [1.54, 1.807) is 18.2 Å². The zero-order valence-electron chi connectivity index (χ0n) is 29.1. The Labute approximate surface area is 318 Å². The first-order chi connectivity index (χ1) is 25.9. The highest BCUT2D eigenvalue weighted by Gasteiger charge is 2.51. The topological polar surface area (TPSA) is 96.1 Å². The number of rotatable bonds is 8. The van der Waals surface area contributed by atoms with Gasteiger partial charge in [0.15, 0.2) is 5.82 Å². The molecule has 3 aliphatic heterocycles. The third-order valence-electron chi connectivity index (χ3n) is 11.6. The Bertz CT molecular complexity index is 2380. The fraction of sp³-hybridized carbons (Fsp3) is 0.400. The highest BCUT2D eigenvalue weighted by Crippen LogP contribution is 2.51. The number of amides is 1. The Hall–Kier alpha value is -4.44. The molecule has 54 heavy (non-hydrogen) atoms. The van der Waals surface area contributed by atoms with E-state index in [9.17, 15) is 23.2 Å². The van der Waals surface area contributed by atoms with Crippen LogP contribution in [0.15, 0.2) is 48.7 Å². The first kappa shape index (κ1) is 35.3. The number of hydrogen-bond donors (Lipinski definition) is 1. The monoisotopic (exact) mass is 776 g/mol. The Morgan fingerprint density at radius 2 is 1.94 bits per heavy atom. The third kappa shape index (κ3) is 5.78. The van der Waals surface area contributed by atoms with Crippen molar-refractivity contribution in [2.45, 2.75) is 75.9 Å². The van der Waals surface area contributed by atoms with Crippen LogP contribution in [0.3, 0.4) is 0 Å². The van der Waals surface area contributed by atoms with Gasteiger partial charge in [-0.15, -0.1) is 0 Å². The van der Waals surface area contributed by atoms with E-state index in [0.29, 0.717) is 34.5 Å². The van der Waals surface area contributed by atoms with Crippen molar-refractivity contribution in [1.29, 1.82) is 5.26 Å². The van der Waals surface area contributed by atoms with Crippen LogP contribution in [-0.4, -0.2) is 50.6 Å². The molecule has 2 saturated carbocycles. The third-order valence-corrected chi connectivity index (χ3v) is 12.4. The van der Waals surface area contributed by atoms with Crippen LogP contribution < -0.4 is 10.1 Å². The smallest absolute Gasteiger partial charge is 0.433 e. The summed E-state index contributed by atoms with van der Waals surface area (Å²) in [7, 11) is 0. The average Bonchev–Trinajstić information content (AvgIpc) is 3.43. The number of nitriles is 1. The number of nitrogens with one attached hydrogen (secondary N) is 1. The average molecular weight is 778 g/mol. The van der Waals surface area contributed by atoms with Crippen LogP contribution in [0.25, 0.3) is 32.9 Å². The SMILES string of the molecule is Cc1nc2c(F)c(-c3cccc(Cl)c3Cl)c(CCC#N)cc2c2c1cc(C1CC(Oc3ccc(C(F)(F)F)nc3)CN1C(=O)C1CC1)n2C1C2CNC1C2. The molecule has 3 saturated heterocycles. The van der Waals surface area contributed by atoms with E-state index in [2.05, 4.69) is 27.0 Å². The number of aromatic nitrogens is 3. The van der Waals surface area contributed by atoms with E-state index >= 15 is 4.39 Å². The summed E-state index contributed by atoms with van der Waals surface area (Å²) in [5.41, 5.74) is 2.76. The minimum Gasteiger partial charge on any atom is -0.487 e. The molecule has 1 amide bonds. The van der Waals surface area contributed by atoms with Gasteiger partial charge in [-0.3, -0.25) is 4.79 Å². The molecule has 5 atom stereocenters. The number of fused-ring (bicyclic) bond motifs is 4. The van der Waals surface area contributed by atoms with Gasteiger partial charge in [-0.25, -0.2) is 14.4 Å². The van der Waals surface area contributed by atoms with E-state index in [-0.39, 0.29) is 70.2 Å². The fourth-order valence-electron chi connectivity index (χ4n) is 8.88. The van der Waals surface area contributed by atoms with E-state index in [1.165, 1.54) is 6.07 Å². The summed E-state index contributed by atoms with van der Waals surface area (Å²) in [6.07, 6.45) is -0.600. The van der Waals surface area contributed by atoms with E-state index in [0.717, 1.165) is 54.7 Å². The lowest BCUT2D eigenvalue weighted by Gasteiger charge is -2.39. The first-order valence-electron chi connectivity index (χ1n) is 18.1. The Kier molecular flexibility index (Phi) is 8.56. The maximum atomic E-state index is 17.2. The van der Waals surface area contributed by atoms with Crippen molar-refractivity contribution in [1.82, 2.24) is 24.8 Å². The number of aryl methyl sites for hydroxylation is 2. The summed E-state index contributed by atoms with van der Waals surface area (Å²) >= 11 is 13.1. The molecule has 6 heterocycles. The van der Waals surface area contributed by atoms with Crippen molar-refractivity contribution >= 4 is 50.9 Å². The fourth-order valence-corrected chi connectivity index (χ4v) is 9.28. The summed E-state index contributed by atoms with van der Waals surface area (Å²) in [5.74, 6) is -0.105. The highest BCUT2D eigenvalue weighted by molar-refractivity contribution is 6.43. The van der Waals surface area contributed by atoms with Gasteiger partial charge in [0.2, 0.25) is 5.91 Å². The molecular weight excluding hydrogens is 743 g/mol. The summed E-state index contributed by atoms with van der Waals surface area (Å²) in [6.45, 7) is 2.94. The zero-order chi connectivity index (χ0) is 37.6. The number of hydrogen-bond acceptors (Lipinski definition) is 6. The van der Waals surface area contributed by atoms with Crippen LogP contribution in [0.4, 0.5) is 17.6 Å². The number of halogens is 6. The number of carbonyl (C=O) groups is 1. The predicted octanol–water partition coefficient (Wildman–Crippen LogP) is 9.14. The summed E-state index contributed by atoms with van der Waals surface area (Å²) in [5, 5.41) is 15.1. The maximum absolute atomic E-state index is 17.2. The predicted molar refractivity (Wildman–Crippen MR) is 196 cm³/mol. The van der Waals surface area contributed by atoms with Crippen LogP contribution in [-0.2, 0) is 17.4 Å². The number of nitrogens with zero attached hydrogens (tertiary/aromatic N) is 5. The molecule has 14 heteroatoms. The Morgan fingerprint density at radius 1 is 1.13 bits per heavy atom. The largest absolute Gasteiger partial charge is 0.487 e. The number of alkyl halides is 3. The lowest BCUT2D eigenvalue weighted by Crippen LogP contribution is -2.41. The van der Waals surface area contributed by atoms with Crippen molar-refractivity contribution in [3.8, 4) is 22.9 Å². The van der Waals surface area contributed by atoms with E-state index < -0.39 is 29.8 Å². The molecule has 2 aliphatic carbocycles. The molecule has 2 aromatic carbocycles. The van der Waals surface area contributed by atoms with Crippen LogP contribution in [0, 0.1) is 35.9 Å². The second-order valence-electron chi connectivity index (χ2n) is 14.9. The van der Waals surface area contributed by atoms with E-state index in [1.807, 2.05) is 17.9 Å². The van der Waals surface area contributed by atoms with E-state index in [4.69, 9.17) is 32.9 Å². The summed E-state index contributed by atoms with van der Waals surface area (Å²) in [6, 6.07) is 13.2. The lowest BCUT2D eigenvalue weighted by atomic mass is 9.79. The highest BCUT2D eigenvalue weighted by atomic mass is 35.5. The summed E-state index contributed by atoms with van der Waals surface area (Å²) < 4.78 is 65.4. The molecular formula is C40H34Cl2F4N6O2. The van der Waals surface area contributed by atoms with Crippen molar-refractivity contribution in [3.63, 3.8) is 0 Å². The number of benzene rings is 2. The molecule has 3 aromatic heterocycles. The number of likely N-dealkylation sites (tertiary alicyclic amines) is 1. The van der Waals surface area contributed by atoms with Gasteiger partial charge in [0, 0.05) is 64.6 Å². The molecule has 0 radical (unpaired) electrons. The Morgan fingerprint density at radius 3 is 2.61 bits per heavy atom. The van der Waals surface area contributed by atoms with Gasteiger partial charge in [0.05, 0.1) is 46.5 Å². The Balaban J connectivity index is 1.22. The number of carbonyl (C=O) groups excluding carboxylic acids is 1. The molecule has 5 fully saturated rings. The minimum absolute atomic E-state index is 0.0238. The van der Waals surface area contributed by atoms with Crippen molar-refractivity contribution < 1.29 is 27.1 Å². The molecule has 5 aromatic rings. The van der Waals surface area contributed by atoms with Gasteiger partial charge in [-0.05, 0) is 74.4 Å². The zero-order valence-corrected chi connectivity index (χ0v) is 30.6. The molecule has 5 unspecified atom stereocenters. The second-order valence-corrected chi connectivity index (χ2v) is 15.7. The van der Waals surface area contributed by atoms with Crippen LogP contribution in [0.2, 0.25) is 10.0 Å². The summed E-state index contributed by atoms with van der Waals surface area (Å²) in [4.78, 5) is 24.2. The normalized spacial score (nSPS) is 23.6. The van der Waals surface area contributed by atoms with Gasteiger partial charge < -0.3 is 19.5 Å². The molecule has 5 aliphatic rings. The minimum atomic E-state index is -4.58. The van der Waals surface area contributed by atoms with Gasteiger partial charge in [0.1, 0.15) is 23.1 Å². The molecule has 10 rings (SSSR count). The standard InChI is InChI=1S/C40H34Cl2F4N6O2/c1-19-26-15-31(30-14-24(18-51(30)39(53)20-7-8-20)54-23-9-10-32(49-17-23)40(44,45)46)52(37-22-13-29(37)48-16-22)38(26)27-12-21(4-3-11-47)33(35(43)36(27)50-19)25-5-2-6-28(41)34(25)42/h2,5-6,9-10,12,15,17,20,22,24,29-30,37,48H,3-4,7-8,13-14,16,18H2,1H3. The lowest BCUT2D eigenvalue weighted by molar-refractivity contribution is -0.141. The first-order valence-corrected chi connectivity index (χ1v) is 18.9. The molecule has 1 N–H and O–H groups in total. The molecule has 2 bridgehead atoms. The van der Waals surface area contributed by atoms with Gasteiger partial charge >= 0.3 is 6.18 Å². The van der Waals surface area contributed by atoms with Gasteiger partial charge in [-0.1, -0.05) is 35.3 Å². The molecule has 0 spiro atoms. The molecule has 8 nitrogen and oxygen atoms in total. The van der Waals surface area contributed by atoms with Crippen LogP contribution in [0.5, 0.6) is 5.75 Å². The van der Waals surface area contributed by atoms with Gasteiger partial charge in [-0.2, -0.15) is 18.4 Å². The van der Waals surface area contributed by atoms with Crippen LogP contribution in [0.1, 0.15) is 66.8 Å². The van der Waals surface area contributed by atoms with Crippen molar-refractivity contribution in [2.75, 3.05) is 13.1 Å². The maximum Gasteiger partial charge on any atom is 0.433 e. The van der Waals surface area contributed by atoms with Crippen molar-refractivity contribution in [3.05, 3.63) is 87.2 Å². The van der Waals surface area contributed by atoms with Crippen molar-refractivity contribution in [2.24, 2.45) is 11.8 Å². The quantitative estimate of drug-likeness (QED) is 0.158.